The third-order valence-electron chi connectivity index (χ3n) is 2.65. The molecule has 1 atom stereocenters. The Balaban J connectivity index is 2.92. The highest BCUT2D eigenvalue weighted by Gasteiger charge is 2.32. The highest BCUT2D eigenvalue weighted by Crippen LogP contribution is 2.22. The number of aromatic nitrogens is 1. The van der Waals surface area contributed by atoms with Crippen molar-refractivity contribution in [3.63, 3.8) is 0 Å². The zero-order valence-corrected chi connectivity index (χ0v) is 9.95. The molecule has 1 heterocycles. The number of aliphatic carboxylic acids is 1. The Kier molecular flexibility index (Phi) is 3.88. The molecule has 0 radical (unpaired) electrons. The molecule has 4 heteroatoms. The van der Waals surface area contributed by atoms with Crippen molar-refractivity contribution in [2.75, 3.05) is 5.32 Å². The fourth-order valence-corrected chi connectivity index (χ4v) is 1.63. The summed E-state index contributed by atoms with van der Waals surface area (Å²) in [6.45, 7) is 5.59. The molecule has 2 N–H and O–H groups in total. The first-order chi connectivity index (χ1) is 7.49. The van der Waals surface area contributed by atoms with E-state index in [1.807, 2.05) is 13.8 Å². The molecule has 0 spiro atoms. The van der Waals surface area contributed by atoms with Gasteiger partial charge in [-0.1, -0.05) is 13.3 Å². The maximum Gasteiger partial charge on any atom is 0.329 e. The molecule has 1 rings (SSSR count). The molecule has 0 aromatic carbocycles. The van der Waals surface area contributed by atoms with Crippen LogP contribution in [0.15, 0.2) is 18.5 Å². The Morgan fingerprint density at radius 3 is 2.81 bits per heavy atom. The van der Waals surface area contributed by atoms with Crippen LogP contribution in [0.3, 0.4) is 0 Å². The number of hydrogen-bond donors (Lipinski definition) is 2. The van der Waals surface area contributed by atoms with Gasteiger partial charge in [-0.25, -0.2) is 4.79 Å². The Labute approximate surface area is 95.7 Å². The van der Waals surface area contributed by atoms with Crippen molar-refractivity contribution >= 4 is 11.7 Å². The van der Waals surface area contributed by atoms with Crippen molar-refractivity contribution < 1.29 is 9.90 Å². The molecule has 0 saturated carbocycles. The first-order valence-corrected chi connectivity index (χ1v) is 5.42. The highest BCUT2D eigenvalue weighted by atomic mass is 16.4. The van der Waals surface area contributed by atoms with Crippen LogP contribution in [0.5, 0.6) is 0 Å². The van der Waals surface area contributed by atoms with Gasteiger partial charge in [0.05, 0.1) is 0 Å². The minimum atomic E-state index is -0.916. The SMILES string of the molecule is CCCC(C)(Nc1ccncc1C)C(=O)O. The van der Waals surface area contributed by atoms with Crippen molar-refractivity contribution in [3.05, 3.63) is 24.0 Å². The van der Waals surface area contributed by atoms with E-state index in [-0.39, 0.29) is 0 Å². The summed E-state index contributed by atoms with van der Waals surface area (Å²) in [6.07, 6.45) is 4.78. The average Bonchev–Trinajstić information content (AvgIpc) is 2.21. The topological polar surface area (TPSA) is 62.2 Å². The Morgan fingerprint density at radius 2 is 2.31 bits per heavy atom. The van der Waals surface area contributed by atoms with E-state index in [2.05, 4.69) is 10.3 Å². The van der Waals surface area contributed by atoms with Gasteiger partial charge in [-0.05, 0) is 31.9 Å². The number of carboxylic acid groups (broad SMARTS) is 1. The van der Waals surface area contributed by atoms with Crippen molar-refractivity contribution in [1.82, 2.24) is 4.98 Å². The van der Waals surface area contributed by atoms with E-state index in [1.165, 1.54) is 0 Å². The van der Waals surface area contributed by atoms with Crippen LogP contribution < -0.4 is 5.32 Å². The van der Waals surface area contributed by atoms with E-state index in [0.29, 0.717) is 6.42 Å². The molecule has 1 aromatic rings. The van der Waals surface area contributed by atoms with Gasteiger partial charge in [0.15, 0.2) is 0 Å². The van der Waals surface area contributed by atoms with Gasteiger partial charge in [0, 0.05) is 18.1 Å². The molecule has 0 aliphatic carbocycles. The smallest absolute Gasteiger partial charge is 0.329 e. The van der Waals surface area contributed by atoms with Crippen LogP contribution in [-0.4, -0.2) is 21.6 Å². The molecular weight excluding hydrogens is 204 g/mol. The number of hydrogen-bond acceptors (Lipinski definition) is 3. The molecule has 4 nitrogen and oxygen atoms in total. The summed E-state index contributed by atoms with van der Waals surface area (Å²) >= 11 is 0. The molecule has 1 unspecified atom stereocenters. The zero-order chi connectivity index (χ0) is 12.2. The van der Waals surface area contributed by atoms with Gasteiger partial charge in [-0.3, -0.25) is 4.98 Å². The minimum Gasteiger partial charge on any atom is -0.480 e. The molecule has 1 aromatic heterocycles. The fourth-order valence-electron chi connectivity index (χ4n) is 1.63. The molecular formula is C12H18N2O2. The molecule has 16 heavy (non-hydrogen) atoms. The third kappa shape index (κ3) is 2.72. The summed E-state index contributed by atoms with van der Waals surface area (Å²) in [4.78, 5) is 15.2. The van der Waals surface area contributed by atoms with Crippen LogP contribution in [0, 0.1) is 6.92 Å². The number of rotatable bonds is 5. The quantitative estimate of drug-likeness (QED) is 0.803. The lowest BCUT2D eigenvalue weighted by Crippen LogP contribution is -2.43. The summed E-state index contributed by atoms with van der Waals surface area (Å²) in [5, 5.41) is 12.3. The standard InChI is InChI=1S/C12H18N2O2/c1-4-6-12(3,11(15)16)14-10-5-7-13-8-9(10)2/h5,7-8H,4,6H2,1-3H3,(H,13,14)(H,15,16). The number of anilines is 1. The lowest BCUT2D eigenvalue weighted by atomic mass is 9.95. The predicted molar refractivity (Wildman–Crippen MR) is 63.5 cm³/mol. The lowest BCUT2D eigenvalue weighted by Gasteiger charge is -2.27. The third-order valence-corrected chi connectivity index (χ3v) is 2.65. The van der Waals surface area contributed by atoms with Gasteiger partial charge in [-0.2, -0.15) is 0 Å². The summed E-state index contributed by atoms with van der Waals surface area (Å²) in [5.74, 6) is -0.828. The van der Waals surface area contributed by atoms with Gasteiger partial charge >= 0.3 is 5.97 Å². The van der Waals surface area contributed by atoms with Crippen molar-refractivity contribution in [2.45, 2.75) is 39.2 Å². The van der Waals surface area contributed by atoms with E-state index < -0.39 is 11.5 Å². The van der Waals surface area contributed by atoms with Gasteiger partial charge in [-0.15, -0.1) is 0 Å². The van der Waals surface area contributed by atoms with Crippen LogP contribution in [0.4, 0.5) is 5.69 Å². The first kappa shape index (κ1) is 12.5. The summed E-state index contributed by atoms with van der Waals surface area (Å²) < 4.78 is 0. The molecule has 0 amide bonds. The minimum absolute atomic E-state index is 0.587. The van der Waals surface area contributed by atoms with Crippen LogP contribution in [-0.2, 0) is 4.79 Å². The number of nitrogens with one attached hydrogen (secondary N) is 1. The monoisotopic (exact) mass is 222 g/mol. The van der Waals surface area contributed by atoms with E-state index >= 15 is 0 Å². The van der Waals surface area contributed by atoms with Crippen LogP contribution in [0.2, 0.25) is 0 Å². The largest absolute Gasteiger partial charge is 0.480 e. The maximum absolute atomic E-state index is 11.2. The summed E-state index contributed by atoms with van der Waals surface area (Å²) in [6, 6.07) is 1.80. The van der Waals surface area contributed by atoms with Crippen LogP contribution in [0.1, 0.15) is 32.3 Å². The second kappa shape index (κ2) is 4.96. The number of nitrogens with zero attached hydrogens (tertiary/aromatic N) is 1. The van der Waals surface area contributed by atoms with Crippen molar-refractivity contribution in [1.29, 1.82) is 0 Å². The van der Waals surface area contributed by atoms with Gasteiger partial charge in [0.1, 0.15) is 5.54 Å². The number of pyridine rings is 1. The zero-order valence-electron chi connectivity index (χ0n) is 9.95. The van der Waals surface area contributed by atoms with Gasteiger partial charge < -0.3 is 10.4 Å². The molecule has 0 bridgehead atoms. The van der Waals surface area contributed by atoms with Gasteiger partial charge in [0.2, 0.25) is 0 Å². The molecule has 0 aliphatic heterocycles. The second-order valence-electron chi connectivity index (χ2n) is 4.20. The second-order valence-corrected chi connectivity index (χ2v) is 4.20. The van der Waals surface area contributed by atoms with Crippen LogP contribution >= 0.6 is 0 Å². The summed E-state index contributed by atoms with van der Waals surface area (Å²) in [7, 11) is 0. The summed E-state index contributed by atoms with van der Waals surface area (Å²) in [5.41, 5.74) is 0.861. The Morgan fingerprint density at radius 1 is 1.62 bits per heavy atom. The van der Waals surface area contributed by atoms with E-state index in [9.17, 15) is 9.90 Å². The lowest BCUT2D eigenvalue weighted by molar-refractivity contribution is -0.141. The Hall–Kier alpha value is -1.58. The van der Waals surface area contributed by atoms with Crippen LogP contribution in [0.25, 0.3) is 0 Å². The van der Waals surface area contributed by atoms with E-state index in [0.717, 1.165) is 17.7 Å². The van der Waals surface area contributed by atoms with Crippen molar-refractivity contribution in [3.8, 4) is 0 Å². The molecule has 88 valence electrons. The Bertz CT molecular complexity index is 379. The van der Waals surface area contributed by atoms with Gasteiger partial charge in [0.25, 0.3) is 0 Å². The number of carboxylic acids is 1. The fraction of sp³-hybridized carbons (Fsp3) is 0.500. The maximum atomic E-state index is 11.2. The molecule has 0 aliphatic rings. The molecule has 0 saturated heterocycles. The van der Waals surface area contributed by atoms with Crippen molar-refractivity contribution in [2.24, 2.45) is 0 Å². The normalized spacial score (nSPS) is 14.2. The average molecular weight is 222 g/mol. The number of carbonyl (C=O) groups is 1. The van der Waals surface area contributed by atoms with E-state index in [4.69, 9.17) is 0 Å². The first-order valence-electron chi connectivity index (χ1n) is 5.42. The molecule has 0 fully saturated rings. The predicted octanol–water partition coefficient (Wildman–Crippen LogP) is 2.45. The number of aryl methyl sites for hydroxylation is 1. The highest BCUT2D eigenvalue weighted by molar-refractivity contribution is 5.82. The van der Waals surface area contributed by atoms with E-state index in [1.54, 1.807) is 25.4 Å².